The standard InChI is InChI=1S/C20H16BrClN2O3S/c21-18-8-4-5-9-19(18)23-20(25)14-24(16-12-10-15(22)11-13-16)28(26,27)17-6-2-1-3-7-17/h1-13H,14H2,(H,23,25). The van der Waals surface area contributed by atoms with E-state index in [2.05, 4.69) is 21.2 Å². The molecule has 1 amide bonds. The molecule has 28 heavy (non-hydrogen) atoms. The smallest absolute Gasteiger partial charge is 0.264 e. The molecule has 5 nitrogen and oxygen atoms in total. The van der Waals surface area contributed by atoms with Crippen LogP contribution in [0.1, 0.15) is 0 Å². The highest BCUT2D eigenvalue weighted by Crippen LogP contribution is 2.26. The summed E-state index contributed by atoms with van der Waals surface area (Å²) in [6.07, 6.45) is 0. The van der Waals surface area contributed by atoms with Crippen molar-refractivity contribution < 1.29 is 13.2 Å². The molecule has 0 unspecified atom stereocenters. The number of hydrogen-bond acceptors (Lipinski definition) is 3. The maximum atomic E-state index is 13.2. The van der Waals surface area contributed by atoms with Crippen LogP contribution in [0.25, 0.3) is 0 Å². The molecule has 3 rings (SSSR count). The number of para-hydroxylation sites is 1. The molecule has 0 fully saturated rings. The number of carbonyl (C=O) groups is 1. The third-order valence-electron chi connectivity index (χ3n) is 3.88. The van der Waals surface area contributed by atoms with E-state index in [0.29, 0.717) is 20.9 Å². The lowest BCUT2D eigenvalue weighted by Gasteiger charge is -2.24. The second-order valence-electron chi connectivity index (χ2n) is 5.83. The Bertz CT molecular complexity index is 1070. The topological polar surface area (TPSA) is 66.5 Å². The van der Waals surface area contributed by atoms with Gasteiger partial charge in [0.15, 0.2) is 0 Å². The first-order valence-electron chi connectivity index (χ1n) is 8.25. The second kappa shape index (κ2) is 8.77. The largest absolute Gasteiger partial charge is 0.323 e. The van der Waals surface area contributed by atoms with Gasteiger partial charge < -0.3 is 5.32 Å². The summed E-state index contributed by atoms with van der Waals surface area (Å²) in [5.74, 6) is -0.471. The summed E-state index contributed by atoms with van der Waals surface area (Å²) in [4.78, 5) is 12.7. The third-order valence-corrected chi connectivity index (χ3v) is 6.61. The molecule has 0 aliphatic carbocycles. The second-order valence-corrected chi connectivity index (χ2v) is 8.98. The van der Waals surface area contributed by atoms with Gasteiger partial charge in [0.2, 0.25) is 5.91 Å². The van der Waals surface area contributed by atoms with Gasteiger partial charge in [-0.1, -0.05) is 41.9 Å². The first kappa shape index (κ1) is 20.4. The van der Waals surface area contributed by atoms with Crippen LogP contribution in [0.3, 0.4) is 0 Å². The van der Waals surface area contributed by atoms with E-state index in [1.165, 1.54) is 12.1 Å². The Kier molecular flexibility index (Phi) is 6.39. The number of nitrogens with zero attached hydrogens (tertiary/aromatic N) is 1. The van der Waals surface area contributed by atoms with Crippen molar-refractivity contribution in [3.63, 3.8) is 0 Å². The van der Waals surface area contributed by atoms with Crippen LogP contribution in [0.5, 0.6) is 0 Å². The highest BCUT2D eigenvalue weighted by atomic mass is 79.9. The SMILES string of the molecule is O=C(CN(c1ccc(Cl)cc1)S(=O)(=O)c1ccccc1)Nc1ccccc1Br. The van der Waals surface area contributed by atoms with Crippen LogP contribution < -0.4 is 9.62 Å². The van der Waals surface area contributed by atoms with E-state index < -0.39 is 15.9 Å². The minimum atomic E-state index is -3.95. The van der Waals surface area contributed by atoms with Crippen LogP contribution >= 0.6 is 27.5 Å². The van der Waals surface area contributed by atoms with Gasteiger partial charge in [0.1, 0.15) is 6.54 Å². The Balaban J connectivity index is 1.94. The molecule has 144 valence electrons. The molecule has 0 atom stereocenters. The molecule has 0 aromatic heterocycles. The molecule has 8 heteroatoms. The molecule has 1 N–H and O–H groups in total. The number of halogens is 2. The highest BCUT2D eigenvalue weighted by molar-refractivity contribution is 9.10. The molecule has 0 saturated heterocycles. The molecule has 3 aromatic rings. The number of benzene rings is 3. The maximum Gasteiger partial charge on any atom is 0.264 e. The summed E-state index contributed by atoms with van der Waals surface area (Å²) in [6, 6.07) is 21.4. The van der Waals surface area contributed by atoms with Gasteiger partial charge >= 0.3 is 0 Å². The number of nitrogens with one attached hydrogen (secondary N) is 1. The lowest BCUT2D eigenvalue weighted by atomic mass is 10.3. The number of anilines is 2. The lowest BCUT2D eigenvalue weighted by Crippen LogP contribution is -2.38. The van der Waals surface area contributed by atoms with Crippen LogP contribution in [0.4, 0.5) is 11.4 Å². The Labute approximate surface area is 177 Å². The van der Waals surface area contributed by atoms with Gasteiger partial charge in [-0.15, -0.1) is 0 Å². The van der Waals surface area contributed by atoms with Gasteiger partial charge in [-0.2, -0.15) is 0 Å². The van der Waals surface area contributed by atoms with Crippen molar-refractivity contribution in [3.8, 4) is 0 Å². The van der Waals surface area contributed by atoms with E-state index in [4.69, 9.17) is 11.6 Å². The number of sulfonamides is 1. The van der Waals surface area contributed by atoms with E-state index in [1.807, 2.05) is 6.07 Å². The minimum Gasteiger partial charge on any atom is -0.323 e. The summed E-state index contributed by atoms with van der Waals surface area (Å²) < 4.78 is 28.1. The van der Waals surface area contributed by atoms with Crippen molar-refractivity contribution in [1.29, 1.82) is 0 Å². The molecule has 3 aromatic carbocycles. The van der Waals surface area contributed by atoms with Crippen LogP contribution in [0, 0.1) is 0 Å². The molecule has 0 aliphatic rings. The Morgan fingerprint density at radius 2 is 1.54 bits per heavy atom. The molecule has 0 saturated carbocycles. The van der Waals surface area contributed by atoms with Gasteiger partial charge in [0.05, 0.1) is 16.3 Å². The third kappa shape index (κ3) is 4.73. The van der Waals surface area contributed by atoms with E-state index >= 15 is 0 Å². The minimum absolute atomic E-state index is 0.0960. The highest BCUT2D eigenvalue weighted by Gasteiger charge is 2.27. The maximum absolute atomic E-state index is 13.2. The molecular formula is C20H16BrClN2O3S. The monoisotopic (exact) mass is 478 g/mol. The molecule has 0 heterocycles. The molecule has 0 radical (unpaired) electrons. The summed E-state index contributed by atoms with van der Waals surface area (Å²) in [6.45, 7) is -0.389. The van der Waals surface area contributed by atoms with E-state index in [9.17, 15) is 13.2 Å². The van der Waals surface area contributed by atoms with Gasteiger partial charge in [-0.05, 0) is 64.5 Å². The van der Waals surface area contributed by atoms with E-state index in [0.717, 1.165) is 4.31 Å². The Morgan fingerprint density at radius 1 is 0.929 bits per heavy atom. The van der Waals surface area contributed by atoms with Gasteiger partial charge in [0, 0.05) is 9.50 Å². The van der Waals surface area contributed by atoms with Crippen molar-refractivity contribution in [3.05, 3.63) is 88.4 Å². The van der Waals surface area contributed by atoms with E-state index in [-0.39, 0.29) is 11.4 Å². The zero-order valence-electron chi connectivity index (χ0n) is 14.5. The predicted octanol–water partition coefficient (Wildman–Crippen LogP) is 4.94. The Hall–Kier alpha value is -2.35. The van der Waals surface area contributed by atoms with Crippen LogP contribution in [-0.4, -0.2) is 20.9 Å². The molecule has 0 spiro atoms. The Morgan fingerprint density at radius 3 is 2.18 bits per heavy atom. The lowest BCUT2D eigenvalue weighted by molar-refractivity contribution is -0.114. The van der Waals surface area contributed by atoms with Crippen LogP contribution in [0.2, 0.25) is 5.02 Å². The van der Waals surface area contributed by atoms with Crippen LogP contribution in [-0.2, 0) is 14.8 Å². The zero-order chi connectivity index (χ0) is 20.1. The quantitative estimate of drug-likeness (QED) is 0.545. The average molecular weight is 480 g/mol. The average Bonchev–Trinajstić information content (AvgIpc) is 2.69. The van der Waals surface area contributed by atoms with E-state index in [1.54, 1.807) is 60.7 Å². The molecule has 0 aliphatic heterocycles. The van der Waals surface area contributed by atoms with Crippen molar-refractivity contribution in [2.75, 3.05) is 16.2 Å². The number of carbonyl (C=O) groups excluding carboxylic acids is 1. The molecule has 0 bridgehead atoms. The fraction of sp³-hybridized carbons (Fsp3) is 0.0500. The summed E-state index contributed by atoms with van der Waals surface area (Å²) >= 11 is 9.28. The fourth-order valence-corrected chi connectivity index (χ4v) is 4.48. The number of hydrogen-bond donors (Lipinski definition) is 1. The van der Waals surface area contributed by atoms with Crippen molar-refractivity contribution in [1.82, 2.24) is 0 Å². The number of amides is 1. The first-order valence-corrected chi connectivity index (χ1v) is 10.9. The normalized spacial score (nSPS) is 11.1. The predicted molar refractivity (Wildman–Crippen MR) is 115 cm³/mol. The van der Waals surface area contributed by atoms with Gasteiger partial charge in [-0.25, -0.2) is 8.42 Å². The summed E-state index contributed by atoms with van der Waals surface area (Å²) in [7, 11) is -3.95. The summed E-state index contributed by atoms with van der Waals surface area (Å²) in [5.41, 5.74) is 0.899. The van der Waals surface area contributed by atoms with Crippen LogP contribution in [0.15, 0.2) is 88.2 Å². The van der Waals surface area contributed by atoms with Crippen molar-refractivity contribution >= 4 is 54.8 Å². The zero-order valence-corrected chi connectivity index (χ0v) is 17.7. The van der Waals surface area contributed by atoms with Gasteiger partial charge in [0.25, 0.3) is 10.0 Å². The number of rotatable bonds is 6. The molecular weight excluding hydrogens is 464 g/mol. The first-order chi connectivity index (χ1) is 13.4. The van der Waals surface area contributed by atoms with Gasteiger partial charge in [-0.3, -0.25) is 9.10 Å². The van der Waals surface area contributed by atoms with Crippen molar-refractivity contribution in [2.24, 2.45) is 0 Å². The fourth-order valence-electron chi connectivity index (χ4n) is 2.52. The van der Waals surface area contributed by atoms with Crippen molar-refractivity contribution in [2.45, 2.75) is 4.90 Å². The summed E-state index contributed by atoms with van der Waals surface area (Å²) in [5, 5.41) is 3.20.